The van der Waals surface area contributed by atoms with Crippen molar-refractivity contribution in [3.05, 3.63) is 121 Å². The highest BCUT2D eigenvalue weighted by atomic mass is 35.5. The van der Waals surface area contributed by atoms with E-state index >= 15 is 0 Å². The fourth-order valence-electron chi connectivity index (χ4n) is 4.04. The van der Waals surface area contributed by atoms with Gasteiger partial charge in [-0.15, -0.1) is 0 Å². The first kappa shape index (κ1) is 20.0. The van der Waals surface area contributed by atoms with Crippen LogP contribution in [0.4, 0.5) is 5.69 Å². The fourth-order valence-corrected chi connectivity index (χ4v) is 4.17. The van der Waals surface area contributed by atoms with Crippen molar-refractivity contribution in [2.24, 2.45) is 0 Å². The average Bonchev–Trinajstić information content (AvgIpc) is 3.07. The van der Waals surface area contributed by atoms with E-state index in [1.807, 2.05) is 0 Å². The van der Waals surface area contributed by atoms with Crippen molar-refractivity contribution in [1.29, 1.82) is 0 Å². The molecule has 8 heteroatoms. The number of nitro groups is 1. The summed E-state index contributed by atoms with van der Waals surface area (Å²) in [5.41, 5.74) is 1.60. The minimum atomic E-state index is -0.741. The summed E-state index contributed by atoms with van der Waals surface area (Å²) < 4.78 is 5.88. The zero-order chi connectivity index (χ0) is 22.4. The van der Waals surface area contributed by atoms with Crippen molar-refractivity contribution in [3.63, 3.8) is 0 Å². The number of rotatable bonds is 4. The van der Waals surface area contributed by atoms with Crippen LogP contribution in [0, 0.1) is 10.1 Å². The van der Waals surface area contributed by atoms with Crippen LogP contribution in [0.25, 0.3) is 11.0 Å². The number of para-hydroxylation sites is 1. The van der Waals surface area contributed by atoms with Crippen molar-refractivity contribution < 1.29 is 14.1 Å². The molecule has 0 bridgehead atoms. The van der Waals surface area contributed by atoms with E-state index in [0.717, 1.165) is 5.56 Å². The molecule has 5 rings (SSSR count). The van der Waals surface area contributed by atoms with Crippen molar-refractivity contribution in [2.45, 2.75) is 12.6 Å². The zero-order valence-corrected chi connectivity index (χ0v) is 17.3. The van der Waals surface area contributed by atoms with Crippen LogP contribution in [0.5, 0.6) is 0 Å². The monoisotopic (exact) mass is 446 g/mol. The Kier molecular flexibility index (Phi) is 4.75. The predicted molar refractivity (Wildman–Crippen MR) is 119 cm³/mol. The van der Waals surface area contributed by atoms with E-state index in [-0.39, 0.29) is 29.0 Å². The molecule has 1 amide bonds. The Morgan fingerprint density at radius 3 is 2.34 bits per heavy atom. The summed E-state index contributed by atoms with van der Waals surface area (Å²) in [6, 6.07) is 18.9. The van der Waals surface area contributed by atoms with E-state index in [0.29, 0.717) is 21.6 Å². The summed E-state index contributed by atoms with van der Waals surface area (Å²) in [4.78, 5) is 38.9. The molecule has 7 nitrogen and oxygen atoms in total. The maximum absolute atomic E-state index is 13.4. The van der Waals surface area contributed by atoms with Gasteiger partial charge in [-0.05, 0) is 47.5 Å². The number of hydrogen-bond acceptors (Lipinski definition) is 5. The van der Waals surface area contributed by atoms with Crippen molar-refractivity contribution >= 4 is 34.2 Å². The number of nitro benzene ring substituents is 1. The van der Waals surface area contributed by atoms with Crippen LogP contribution >= 0.6 is 11.6 Å². The van der Waals surface area contributed by atoms with Gasteiger partial charge in [0.15, 0.2) is 5.43 Å². The molecule has 2 heterocycles. The highest BCUT2D eigenvalue weighted by Crippen LogP contribution is 2.39. The van der Waals surface area contributed by atoms with Gasteiger partial charge in [0.25, 0.3) is 11.6 Å². The maximum atomic E-state index is 13.4. The van der Waals surface area contributed by atoms with Crippen molar-refractivity contribution in [3.8, 4) is 0 Å². The topological polar surface area (TPSA) is 93.7 Å². The maximum Gasteiger partial charge on any atom is 0.291 e. The van der Waals surface area contributed by atoms with E-state index in [1.54, 1.807) is 65.6 Å². The number of nitrogens with zero attached hydrogens (tertiary/aromatic N) is 2. The summed E-state index contributed by atoms with van der Waals surface area (Å²) in [5.74, 6) is -0.424. The predicted octanol–water partition coefficient (Wildman–Crippen LogP) is 5.10. The lowest BCUT2D eigenvalue weighted by Gasteiger charge is -2.25. The molecule has 1 atom stereocenters. The molecule has 1 aromatic heterocycles. The second-order valence-corrected chi connectivity index (χ2v) is 7.92. The summed E-state index contributed by atoms with van der Waals surface area (Å²) in [6.45, 7) is 0.206. The van der Waals surface area contributed by atoms with Gasteiger partial charge in [-0.25, -0.2) is 0 Å². The Hall–Kier alpha value is -3.97. The van der Waals surface area contributed by atoms with Gasteiger partial charge in [0.2, 0.25) is 5.76 Å². The van der Waals surface area contributed by atoms with Gasteiger partial charge in [0.1, 0.15) is 5.58 Å². The fraction of sp³-hybridized carbons (Fsp3) is 0.0833. The van der Waals surface area contributed by atoms with Gasteiger partial charge >= 0.3 is 0 Å². The van der Waals surface area contributed by atoms with E-state index in [4.69, 9.17) is 16.0 Å². The summed E-state index contributed by atoms with van der Waals surface area (Å²) in [6.07, 6.45) is 0. The highest BCUT2D eigenvalue weighted by molar-refractivity contribution is 6.30. The largest absolute Gasteiger partial charge is 0.450 e. The van der Waals surface area contributed by atoms with Gasteiger partial charge < -0.3 is 9.32 Å². The van der Waals surface area contributed by atoms with Gasteiger partial charge in [0, 0.05) is 23.7 Å². The van der Waals surface area contributed by atoms with Crippen LogP contribution in [0.15, 0.2) is 82.0 Å². The van der Waals surface area contributed by atoms with E-state index in [9.17, 15) is 19.7 Å². The number of benzene rings is 3. The van der Waals surface area contributed by atoms with Crippen LogP contribution in [-0.2, 0) is 6.54 Å². The number of carbonyl (C=O) groups is 1. The van der Waals surface area contributed by atoms with Gasteiger partial charge in [-0.1, -0.05) is 35.9 Å². The number of carbonyl (C=O) groups excluding carboxylic acids is 1. The Morgan fingerprint density at radius 2 is 1.66 bits per heavy atom. The SMILES string of the molecule is O=C1c2oc3ccccc3c(=O)c2C(c2ccc([N+](=O)[O-])cc2)N1Cc1ccc(Cl)cc1. The van der Waals surface area contributed by atoms with E-state index < -0.39 is 16.9 Å². The quantitative estimate of drug-likeness (QED) is 0.321. The molecule has 0 radical (unpaired) electrons. The first-order chi connectivity index (χ1) is 15.4. The summed E-state index contributed by atoms with van der Waals surface area (Å²) in [5, 5.41) is 12.0. The summed E-state index contributed by atoms with van der Waals surface area (Å²) in [7, 11) is 0. The highest BCUT2D eigenvalue weighted by Gasteiger charge is 2.42. The summed E-state index contributed by atoms with van der Waals surface area (Å²) >= 11 is 5.98. The van der Waals surface area contributed by atoms with Crippen molar-refractivity contribution in [2.75, 3.05) is 0 Å². The third-order valence-electron chi connectivity index (χ3n) is 5.56. The molecule has 32 heavy (non-hydrogen) atoms. The van der Waals surface area contributed by atoms with Crippen molar-refractivity contribution in [1.82, 2.24) is 4.90 Å². The lowest BCUT2D eigenvalue weighted by atomic mass is 9.98. The Balaban J connectivity index is 1.69. The minimum absolute atomic E-state index is 0.00832. The number of halogens is 1. The standard InChI is InChI=1S/C24H15ClN2O5/c25-16-9-5-14(6-10-16)13-26-21(15-7-11-17(12-8-15)27(30)31)20-22(28)18-3-1-2-4-19(18)32-23(20)24(26)29/h1-12,21H,13H2. The second kappa shape index (κ2) is 7.62. The Labute approximate surface area is 186 Å². The van der Waals surface area contributed by atoms with Crippen LogP contribution in [0.2, 0.25) is 5.02 Å². The first-order valence-electron chi connectivity index (χ1n) is 9.79. The van der Waals surface area contributed by atoms with Crippen LogP contribution in [-0.4, -0.2) is 15.7 Å². The first-order valence-corrected chi connectivity index (χ1v) is 10.2. The molecule has 4 aromatic rings. The second-order valence-electron chi connectivity index (χ2n) is 7.48. The molecule has 0 spiro atoms. The van der Waals surface area contributed by atoms with E-state index in [2.05, 4.69) is 0 Å². The van der Waals surface area contributed by atoms with Crippen LogP contribution < -0.4 is 5.43 Å². The number of fused-ring (bicyclic) bond motifs is 2. The third kappa shape index (κ3) is 3.23. The number of hydrogen-bond donors (Lipinski definition) is 0. The Bertz CT molecular complexity index is 1430. The minimum Gasteiger partial charge on any atom is -0.450 e. The smallest absolute Gasteiger partial charge is 0.291 e. The molecule has 0 fully saturated rings. The molecule has 1 aliphatic heterocycles. The molecule has 0 saturated heterocycles. The van der Waals surface area contributed by atoms with Crippen LogP contribution in [0.1, 0.15) is 33.3 Å². The molecule has 3 aromatic carbocycles. The van der Waals surface area contributed by atoms with E-state index in [1.165, 1.54) is 12.1 Å². The Morgan fingerprint density at radius 1 is 0.969 bits per heavy atom. The molecule has 1 aliphatic rings. The normalized spacial score (nSPS) is 15.2. The van der Waals surface area contributed by atoms with Crippen LogP contribution in [0.3, 0.4) is 0 Å². The average molecular weight is 447 g/mol. The van der Waals surface area contributed by atoms with Gasteiger partial charge in [-0.3, -0.25) is 19.7 Å². The van der Waals surface area contributed by atoms with Gasteiger partial charge in [0.05, 0.1) is 21.9 Å². The molecule has 1 unspecified atom stereocenters. The molecule has 0 saturated carbocycles. The third-order valence-corrected chi connectivity index (χ3v) is 5.81. The molecule has 0 aliphatic carbocycles. The molecular formula is C24H15ClN2O5. The lowest BCUT2D eigenvalue weighted by Crippen LogP contribution is -2.29. The number of non-ortho nitro benzene ring substituents is 1. The molecule has 158 valence electrons. The molecule has 0 N–H and O–H groups in total. The molecular weight excluding hydrogens is 432 g/mol. The number of amides is 1. The lowest BCUT2D eigenvalue weighted by molar-refractivity contribution is -0.384. The zero-order valence-electron chi connectivity index (χ0n) is 16.5. The van der Waals surface area contributed by atoms with Gasteiger partial charge in [-0.2, -0.15) is 0 Å².